The van der Waals surface area contributed by atoms with Gasteiger partial charge in [0.15, 0.2) is 0 Å². The molecule has 1 atom stereocenters. The van der Waals surface area contributed by atoms with Gasteiger partial charge in [0.2, 0.25) is 0 Å². The second kappa shape index (κ2) is 6.80. The maximum atomic E-state index is 11.8. The van der Waals surface area contributed by atoms with Crippen LogP contribution < -0.4 is 5.32 Å². The minimum Gasteiger partial charge on any atom is -0.465 e. The van der Waals surface area contributed by atoms with E-state index < -0.39 is 5.54 Å². The standard InChI is InChI=1S/C12H21N3O2S/c1-5-17-11(16)12(2,13-3)6-7-18-10-8-14-15(4)9-10/h8-9,13H,5-7H2,1-4H3. The summed E-state index contributed by atoms with van der Waals surface area (Å²) in [5, 5.41) is 7.15. The third-order valence-corrected chi connectivity index (χ3v) is 3.78. The molecule has 0 aromatic carbocycles. The van der Waals surface area contributed by atoms with Crippen LogP contribution in [0.1, 0.15) is 20.3 Å². The Labute approximate surface area is 112 Å². The van der Waals surface area contributed by atoms with Gasteiger partial charge in [-0.2, -0.15) is 5.10 Å². The summed E-state index contributed by atoms with van der Waals surface area (Å²) < 4.78 is 6.85. The predicted molar refractivity (Wildman–Crippen MR) is 72.6 cm³/mol. The van der Waals surface area contributed by atoms with Crippen molar-refractivity contribution in [2.75, 3.05) is 19.4 Å². The van der Waals surface area contributed by atoms with Crippen LogP contribution in [0.25, 0.3) is 0 Å². The molecule has 6 heteroatoms. The molecule has 0 aliphatic rings. The monoisotopic (exact) mass is 271 g/mol. The van der Waals surface area contributed by atoms with Crippen molar-refractivity contribution in [3.63, 3.8) is 0 Å². The molecular formula is C12H21N3O2S. The van der Waals surface area contributed by atoms with Gasteiger partial charge in [0, 0.05) is 23.9 Å². The molecule has 5 nitrogen and oxygen atoms in total. The van der Waals surface area contributed by atoms with Crippen LogP contribution in [-0.2, 0) is 16.6 Å². The number of nitrogens with zero attached hydrogens (tertiary/aromatic N) is 2. The molecule has 0 spiro atoms. The van der Waals surface area contributed by atoms with E-state index in [0.29, 0.717) is 13.0 Å². The van der Waals surface area contributed by atoms with Gasteiger partial charge in [-0.25, -0.2) is 0 Å². The molecule has 1 aromatic heterocycles. The van der Waals surface area contributed by atoms with Gasteiger partial charge < -0.3 is 10.1 Å². The lowest BCUT2D eigenvalue weighted by atomic mass is 10.00. The van der Waals surface area contributed by atoms with E-state index >= 15 is 0 Å². The number of thioether (sulfide) groups is 1. The third-order valence-electron chi connectivity index (χ3n) is 2.83. The lowest BCUT2D eigenvalue weighted by Gasteiger charge is -2.26. The molecule has 1 aromatic rings. The van der Waals surface area contributed by atoms with Crippen molar-refractivity contribution >= 4 is 17.7 Å². The van der Waals surface area contributed by atoms with Crippen LogP contribution in [0.5, 0.6) is 0 Å². The van der Waals surface area contributed by atoms with E-state index in [9.17, 15) is 4.79 Å². The van der Waals surface area contributed by atoms with E-state index in [2.05, 4.69) is 10.4 Å². The molecule has 18 heavy (non-hydrogen) atoms. The van der Waals surface area contributed by atoms with Crippen molar-refractivity contribution in [2.45, 2.75) is 30.7 Å². The van der Waals surface area contributed by atoms with Crippen LogP contribution in [0, 0.1) is 0 Å². The largest absolute Gasteiger partial charge is 0.465 e. The second-order valence-corrected chi connectivity index (χ2v) is 5.42. The van der Waals surface area contributed by atoms with Crippen LogP contribution in [0.4, 0.5) is 0 Å². The number of likely N-dealkylation sites (N-methyl/N-ethyl adjacent to an activating group) is 1. The molecule has 0 saturated carbocycles. The van der Waals surface area contributed by atoms with Gasteiger partial charge in [0.05, 0.1) is 12.8 Å². The van der Waals surface area contributed by atoms with Crippen LogP contribution in [0.3, 0.4) is 0 Å². The van der Waals surface area contributed by atoms with E-state index in [4.69, 9.17) is 4.74 Å². The summed E-state index contributed by atoms with van der Waals surface area (Å²) in [5.41, 5.74) is -0.620. The van der Waals surface area contributed by atoms with E-state index in [1.165, 1.54) is 0 Å². The van der Waals surface area contributed by atoms with E-state index in [1.54, 1.807) is 23.5 Å². The normalized spacial score (nSPS) is 14.2. The number of carbonyl (C=O) groups is 1. The van der Waals surface area contributed by atoms with Gasteiger partial charge in [-0.15, -0.1) is 11.8 Å². The lowest BCUT2D eigenvalue weighted by molar-refractivity contribution is -0.150. The number of hydrogen-bond donors (Lipinski definition) is 1. The van der Waals surface area contributed by atoms with Crippen molar-refractivity contribution in [2.24, 2.45) is 7.05 Å². The van der Waals surface area contributed by atoms with Crippen molar-refractivity contribution in [1.29, 1.82) is 0 Å². The van der Waals surface area contributed by atoms with Crippen molar-refractivity contribution in [1.82, 2.24) is 15.1 Å². The molecule has 1 N–H and O–H groups in total. The fourth-order valence-electron chi connectivity index (χ4n) is 1.47. The quantitative estimate of drug-likeness (QED) is 0.601. The number of rotatable bonds is 7. The molecule has 0 aliphatic carbocycles. The highest BCUT2D eigenvalue weighted by Crippen LogP contribution is 2.21. The van der Waals surface area contributed by atoms with Gasteiger partial charge in [-0.05, 0) is 27.3 Å². The Kier molecular flexibility index (Phi) is 5.68. The first-order chi connectivity index (χ1) is 8.51. The topological polar surface area (TPSA) is 56.1 Å². The van der Waals surface area contributed by atoms with Gasteiger partial charge >= 0.3 is 5.97 Å². The number of carbonyl (C=O) groups excluding carboxylic acids is 1. The van der Waals surface area contributed by atoms with Gasteiger partial charge in [0.25, 0.3) is 0 Å². The van der Waals surface area contributed by atoms with Crippen molar-refractivity contribution < 1.29 is 9.53 Å². The minimum atomic E-state index is -0.620. The highest BCUT2D eigenvalue weighted by Gasteiger charge is 2.32. The van der Waals surface area contributed by atoms with Crippen LogP contribution in [-0.4, -0.2) is 40.7 Å². The van der Waals surface area contributed by atoms with Gasteiger partial charge in [0.1, 0.15) is 5.54 Å². The van der Waals surface area contributed by atoms with Crippen molar-refractivity contribution in [3.8, 4) is 0 Å². The van der Waals surface area contributed by atoms with Crippen LogP contribution >= 0.6 is 11.8 Å². The number of ether oxygens (including phenoxy) is 1. The Hall–Kier alpha value is -1.01. The fourth-order valence-corrected chi connectivity index (χ4v) is 2.56. The summed E-state index contributed by atoms with van der Waals surface area (Å²) in [6, 6.07) is 0. The molecule has 0 aliphatic heterocycles. The van der Waals surface area contributed by atoms with Crippen LogP contribution in [0.2, 0.25) is 0 Å². The van der Waals surface area contributed by atoms with E-state index in [-0.39, 0.29) is 5.97 Å². The number of esters is 1. The minimum absolute atomic E-state index is 0.195. The Balaban J connectivity index is 2.46. The number of aromatic nitrogens is 2. The zero-order valence-corrected chi connectivity index (χ0v) is 12.2. The smallest absolute Gasteiger partial charge is 0.326 e. The first-order valence-electron chi connectivity index (χ1n) is 5.99. The molecule has 1 heterocycles. The molecular weight excluding hydrogens is 250 g/mol. The molecule has 1 rings (SSSR count). The highest BCUT2D eigenvalue weighted by atomic mass is 32.2. The Morgan fingerprint density at radius 2 is 2.39 bits per heavy atom. The Morgan fingerprint density at radius 3 is 2.89 bits per heavy atom. The zero-order chi connectivity index (χ0) is 13.6. The molecule has 0 saturated heterocycles. The van der Waals surface area contributed by atoms with E-state index in [0.717, 1.165) is 10.6 Å². The number of aryl methyl sites for hydroxylation is 1. The maximum Gasteiger partial charge on any atom is 0.326 e. The first kappa shape index (κ1) is 15.0. The Bertz CT molecular complexity index is 394. The average molecular weight is 271 g/mol. The predicted octanol–water partition coefficient (Wildman–Crippen LogP) is 1.44. The summed E-state index contributed by atoms with van der Waals surface area (Å²) in [5.74, 6) is 0.640. The van der Waals surface area contributed by atoms with Gasteiger partial charge in [-0.3, -0.25) is 9.48 Å². The van der Waals surface area contributed by atoms with E-state index in [1.807, 2.05) is 33.3 Å². The summed E-state index contributed by atoms with van der Waals surface area (Å²) >= 11 is 1.69. The summed E-state index contributed by atoms with van der Waals surface area (Å²) in [6.07, 6.45) is 4.50. The summed E-state index contributed by atoms with van der Waals surface area (Å²) in [4.78, 5) is 12.9. The average Bonchev–Trinajstić information content (AvgIpc) is 2.75. The lowest BCUT2D eigenvalue weighted by Crippen LogP contribution is -2.49. The number of hydrogen-bond acceptors (Lipinski definition) is 5. The summed E-state index contributed by atoms with van der Waals surface area (Å²) in [7, 11) is 3.67. The first-order valence-corrected chi connectivity index (χ1v) is 6.98. The molecule has 0 radical (unpaired) electrons. The number of nitrogens with one attached hydrogen (secondary N) is 1. The molecule has 0 bridgehead atoms. The molecule has 102 valence electrons. The maximum absolute atomic E-state index is 11.8. The molecule has 1 unspecified atom stereocenters. The zero-order valence-electron chi connectivity index (χ0n) is 11.4. The summed E-state index contributed by atoms with van der Waals surface area (Å²) in [6.45, 7) is 4.10. The van der Waals surface area contributed by atoms with Gasteiger partial charge in [-0.1, -0.05) is 0 Å². The van der Waals surface area contributed by atoms with Crippen molar-refractivity contribution in [3.05, 3.63) is 12.4 Å². The third kappa shape index (κ3) is 4.03. The fraction of sp³-hybridized carbons (Fsp3) is 0.667. The second-order valence-electron chi connectivity index (χ2n) is 4.25. The van der Waals surface area contributed by atoms with Crippen LogP contribution in [0.15, 0.2) is 17.3 Å². The Morgan fingerprint density at radius 1 is 1.67 bits per heavy atom. The molecule has 0 fully saturated rings. The highest BCUT2D eigenvalue weighted by molar-refractivity contribution is 7.99. The SMILES string of the molecule is CCOC(=O)C(C)(CCSc1cnn(C)c1)NC. The molecule has 0 amide bonds.